The van der Waals surface area contributed by atoms with E-state index in [2.05, 4.69) is 23.5 Å². The monoisotopic (exact) mass is 414 g/mol. The molecule has 6 nitrogen and oxygen atoms in total. The van der Waals surface area contributed by atoms with E-state index >= 15 is 0 Å². The topological polar surface area (TPSA) is 75.7 Å². The van der Waals surface area contributed by atoms with E-state index in [4.69, 9.17) is 4.74 Å². The fourth-order valence-electron chi connectivity index (χ4n) is 4.06. The normalized spacial score (nSPS) is 19.1. The average molecular weight is 415 g/mol. The number of hydrogen-bond acceptors (Lipinski definition) is 4. The predicted octanol–water partition coefficient (Wildman–Crippen LogP) is 2.89. The molecular formula is C22H26N2O4S. The molecule has 4 rings (SSSR count). The molecule has 0 bridgehead atoms. The second kappa shape index (κ2) is 7.37. The van der Waals surface area contributed by atoms with Crippen LogP contribution in [0.25, 0.3) is 0 Å². The third-order valence-electron chi connectivity index (χ3n) is 5.66. The van der Waals surface area contributed by atoms with Gasteiger partial charge in [-0.05, 0) is 67.5 Å². The predicted molar refractivity (Wildman–Crippen MR) is 113 cm³/mol. The Morgan fingerprint density at radius 1 is 1.17 bits per heavy atom. The molecule has 0 saturated heterocycles. The Hall–Kier alpha value is -2.54. The van der Waals surface area contributed by atoms with Gasteiger partial charge < -0.3 is 10.1 Å². The average Bonchev–Trinajstić information content (AvgIpc) is 3.13. The molecular weight excluding hydrogens is 388 g/mol. The summed E-state index contributed by atoms with van der Waals surface area (Å²) in [5, 5.41) is 2.99. The summed E-state index contributed by atoms with van der Waals surface area (Å²) in [6.07, 6.45) is 3.61. The molecule has 0 spiro atoms. The summed E-state index contributed by atoms with van der Waals surface area (Å²) >= 11 is 0. The number of hydrogen-bond donors (Lipinski definition) is 1. The number of aryl methyl sites for hydroxylation is 3. The lowest BCUT2D eigenvalue weighted by Gasteiger charge is -2.34. The maximum Gasteiger partial charge on any atom is 0.263 e. The molecule has 0 fully saturated rings. The standard InChI is InChI=1S/C22H26N2O4S/c1-14-7-10-19-20(11-14)28-21(13-24(19)29(3,26)27)22(25)23-15(2)17-9-8-16-5-4-6-18(16)12-17/h7-12,15,21H,4-6,13H2,1-3H3,(H,23,25)/t15-,21+/m0/s1. The quantitative estimate of drug-likeness (QED) is 0.835. The SMILES string of the molecule is Cc1ccc2c(c1)O[C@@H](C(=O)N[C@@H](C)c1ccc3c(c1)CCC3)CN2S(C)(=O)=O. The molecule has 0 saturated carbocycles. The van der Waals surface area contributed by atoms with Gasteiger partial charge in [0.15, 0.2) is 6.10 Å². The minimum Gasteiger partial charge on any atom is -0.476 e. The molecule has 1 amide bonds. The summed E-state index contributed by atoms with van der Waals surface area (Å²) in [6.45, 7) is 3.79. The first-order valence-corrected chi connectivity index (χ1v) is 11.7. The van der Waals surface area contributed by atoms with Crippen LogP contribution < -0.4 is 14.4 Å². The highest BCUT2D eigenvalue weighted by atomic mass is 32.2. The fraction of sp³-hybridized carbons (Fsp3) is 0.409. The van der Waals surface area contributed by atoms with E-state index in [0.717, 1.165) is 30.2 Å². The van der Waals surface area contributed by atoms with Crippen molar-refractivity contribution in [2.24, 2.45) is 0 Å². The summed E-state index contributed by atoms with van der Waals surface area (Å²) in [4.78, 5) is 12.9. The van der Waals surface area contributed by atoms with Crippen LogP contribution in [0.2, 0.25) is 0 Å². The number of benzene rings is 2. The van der Waals surface area contributed by atoms with E-state index in [0.29, 0.717) is 11.4 Å². The number of amides is 1. The molecule has 0 radical (unpaired) electrons. The van der Waals surface area contributed by atoms with Crippen molar-refractivity contribution < 1.29 is 17.9 Å². The van der Waals surface area contributed by atoms with Crippen LogP contribution in [0.3, 0.4) is 0 Å². The second-order valence-electron chi connectivity index (χ2n) is 7.98. The van der Waals surface area contributed by atoms with Gasteiger partial charge >= 0.3 is 0 Å². The van der Waals surface area contributed by atoms with Crippen LogP contribution in [-0.2, 0) is 27.7 Å². The maximum atomic E-state index is 12.9. The van der Waals surface area contributed by atoms with Gasteiger partial charge in [0.05, 0.1) is 24.5 Å². The lowest BCUT2D eigenvalue weighted by atomic mass is 10.0. The van der Waals surface area contributed by atoms with Crippen LogP contribution in [0.15, 0.2) is 36.4 Å². The highest BCUT2D eigenvalue weighted by molar-refractivity contribution is 7.92. The Labute approximate surface area is 171 Å². The van der Waals surface area contributed by atoms with Crippen molar-refractivity contribution >= 4 is 21.6 Å². The van der Waals surface area contributed by atoms with Crippen molar-refractivity contribution in [1.29, 1.82) is 0 Å². The van der Waals surface area contributed by atoms with Crippen molar-refractivity contribution in [2.75, 3.05) is 17.1 Å². The molecule has 0 unspecified atom stereocenters. The summed E-state index contributed by atoms with van der Waals surface area (Å²) in [7, 11) is -3.53. The van der Waals surface area contributed by atoms with Gasteiger partial charge in [-0.3, -0.25) is 9.10 Å². The van der Waals surface area contributed by atoms with E-state index < -0.39 is 16.1 Å². The number of nitrogens with one attached hydrogen (secondary N) is 1. The number of rotatable bonds is 4. The zero-order valence-corrected chi connectivity index (χ0v) is 17.8. The van der Waals surface area contributed by atoms with Crippen molar-refractivity contribution in [1.82, 2.24) is 5.32 Å². The van der Waals surface area contributed by atoms with Gasteiger partial charge in [-0.2, -0.15) is 0 Å². The van der Waals surface area contributed by atoms with Crippen LogP contribution in [0.1, 0.15) is 41.6 Å². The first-order chi connectivity index (χ1) is 13.7. The van der Waals surface area contributed by atoms with Crippen molar-refractivity contribution in [2.45, 2.75) is 45.3 Å². The minimum atomic E-state index is -3.53. The lowest BCUT2D eigenvalue weighted by Crippen LogP contribution is -2.50. The molecule has 1 aliphatic carbocycles. The zero-order valence-electron chi connectivity index (χ0n) is 16.9. The van der Waals surface area contributed by atoms with E-state index in [1.54, 1.807) is 12.1 Å². The van der Waals surface area contributed by atoms with Crippen LogP contribution >= 0.6 is 0 Å². The van der Waals surface area contributed by atoms with Gasteiger partial charge in [0.25, 0.3) is 5.91 Å². The molecule has 7 heteroatoms. The molecule has 1 aliphatic heterocycles. The van der Waals surface area contributed by atoms with E-state index in [1.165, 1.54) is 21.9 Å². The first-order valence-electron chi connectivity index (χ1n) is 9.89. The Bertz CT molecular complexity index is 1060. The van der Waals surface area contributed by atoms with Gasteiger partial charge in [0.2, 0.25) is 10.0 Å². The van der Waals surface area contributed by atoms with E-state index in [-0.39, 0.29) is 18.5 Å². The van der Waals surface area contributed by atoms with Gasteiger partial charge in [-0.1, -0.05) is 24.3 Å². The minimum absolute atomic E-state index is 0.0440. The van der Waals surface area contributed by atoms with Gasteiger partial charge in [-0.25, -0.2) is 8.42 Å². The van der Waals surface area contributed by atoms with Crippen molar-refractivity contribution in [3.63, 3.8) is 0 Å². The smallest absolute Gasteiger partial charge is 0.263 e. The largest absolute Gasteiger partial charge is 0.476 e. The van der Waals surface area contributed by atoms with Gasteiger partial charge in [0.1, 0.15) is 5.75 Å². The number of carbonyl (C=O) groups is 1. The Balaban J connectivity index is 1.54. The van der Waals surface area contributed by atoms with E-state index in [1.807, 2.05) is 19.9 Å². The summed E-state index contributed by atoms with van der Waals surface area (Å²) in [6, 6.07) is 11.5. The molecule has 1 N–H and O–H groups in total. The van der Waals surface area contributed by atoms with Crippen LogP contribution in [0.4, 0.5) is 5.69 Å². The maximum absolute atomic E-state index is 12.9. The molecule has 2 aliphatic rings. The van der Waals surface area contributed by atoms with Crippen molar-refractivity contribution in [3.8, 4) is 5.75 Å². The summed E-state index contributed by atoms with van der Waals surface area (Å²) < 4.78 is 31.7. The lowest BCUT2D eigenvalue weighted by molar-refractivity contribution is -0.128. The highest BCUT2D eigenvalue weighted by Gasteiger charge is 2.35. The van der Waals surface area contributed by atoms with Crippen LogP contribution in [0.5, 0.6) is 5.75 Å². The molecule has 2 aromatic rings. The Kier molecular flexibility index (Phi) is 5.02. The number of fused-ring (bicyclic) bond motifs is 2. The van der Waals surface area contributed by atoms with Crippen molar-refractivity contribution in [3.05, 3.63) is 58.7 Å². The molecule has 29 heavy (non-hydrogen) atoms. The number of nitrogens with zero attached hydrogens (tertiary/aromatic N) is 1. The van der Waals surface area contributed by atoms with Crippen LogP contribution in [0, 0.1) is 6.92 Å². The number of ether oxygens (including phenoxy) is 1. The van der Waals surface area contributed by atoms with Gasteiger partial charge in [-0.15, -0.1) is 0 Å². The molecule has 1 heterocycles. The van der Waals surface area contributed by atoms with Gasteiger partial charge in [0, 0.05) is 0 Å². The highest BCUT2D eigenvalue weighted by Crippen LogP contribution is 2.36. The fourth-order valence-corrected chi connectivity index (χ4v) is 4.98. The molecule has 0 aromatic heterocycles. The summed E-state index contributed by atoms with van der Waals surface area (Å²) in [5.41, 5.74) is 5.19. The molecule has 154 valence electrons. The number of carbonyl (C=O) groups excluding carboxylic acids is 1. The third-order valence-corrected chi connectivity index (χ3v) is 6.81. The Morgan fingerprint density at radius 3 is 2.69 bits per heavy atom. The van der Waals surface area contributed by atoms with Crippen LogP contribution in [-0.4, -0.2) is 33.2 Å². The number of anilines is 1. The second-order valence-corrected chi connectivity index (χ2v) is 9.89. The summed E-state index contributed by atoms with van der Waals surface area (Å²) in [5.74, 6) is 0.0887. The van der Waals surface area contributed by atoms with E-state index in [9.17, 15) is 13.2 Å². The molecule has 2 atom stereocenters. The first kappa shape index (κ1) is 19.8. The number of sulfonamides is 1. The molecule has 2 aromatic carbocycles. The zero-order chi connectivity index (χ0) is 20.8. The third kappa shape index (κ3) is 3.96. The Morgan fingerprint density at radius 2 is 1.93 bits per heavy atom.